The number of benzene rings is 1. The van der Waals surface area contributed by atoms with Crippen molar-refractivity contribution in [3.05, 3.63) is 52.3 Å². The minimum Gasteiger partial charge on any atom is -0.350 e. The van der Waals surface area contributed by atoms with E-state index in [0.717, 1.165) is 36.9 Å². The monoisotopic (exact) mass is 429 g/mol. The Kier molecular flexibility index (Phi) is 5.77. The number of fused-ring (bicyclic) bond motifs is 1. The molecule has 0 N–H and O–H groups in total. The average molecular weight is 430 g/mol. The largest absolute Gasteiger partial charge is 0.350 e. The van der Waals surface area contributed by atoms with Crippen LogP contribution in [-0.2, 0) is 30.0 Å². The highest BCUT2D eigenvalue weighted by Gasteiger charge is 2.37. The van der Waals surface area contributed by atoms with Gasteiger partial charge in [0, 0.05) is 44.6 Å². The molecule has 4 rings (SSSR count). The van der Waals surface area contributed by atoms with Gasteiger partial charge in [-0.15, -0.1) is 0 Å². The van der Waals surface area contributed by atoms with E-state index in [1.807, 2.05) is 41.6 Å². The first-order valence-corrected chi connectivity index (χ1v) is 12.3. The Hall–Kier alpha value is -2.12. The molecule has 0 atom stereocenters. The molecule has 2 aliphatic heterocycles. The van der Waals surface area contributed by atoms with Gasteiger partial charge in [0.05, 0.1) is 5.56 Å². The molecule has 0 spiro atoms. The summed E-state index contributed by atoms with van der Waals surface area (Å²) in [4.78, 5) is 15.6. The van der Waals surface area contributed by atoms with Crippen molar-refractivity contribution in [3.8, 4) is 0 Å². The lowest BCUT2D eigenvalue weighted by atomic mass is 10.0. The second kappa shape index (κ2) is 8.19. The van der Waals surface area contributed by atoms with Gasteiger partial charge in [-0.2, -0.15) is 4.31 Å². The standard InChI is InChI=1S/C23H31N3O3S/c1-17-21(23(27)25-13-8-4-5-9-14-25)22(18(2)24(17)3)30(28,29)26-15-12-19-10-6-7-11-20(19)16-26/h6-7,10-11H,4-5,8-9,12-16H2,1-3H3. The van der Waals surface area contributed by atoms with E-state index in [1.54, 1.807) is 6.92 Å². The highest BCUT2D eigenvalue weighted by Crippen LogP contribution is 2.33. The van der Waals surface area contributed by atoms with Crippen LogP contribution >= 0.6 is 0 Å². The smallest absolute Gasteiger partial charge is 0.257 e. The van der Waals surface area contributed by atoms with Crippen LogP contribution in [0.25, 0.3) is 0 Å². The highest BCUT2D eigenvalue weighted by atomic mass is 32.2. The minimum atomic E-state index is -3.80. The van der Waals surface area contributed by atoms with Gasteiger partial charge in [0.2, 0.25) is 10.0 Å². The van der Waals surface area contributed by atoms with Crippen molar-refractivity contribution in [2.45, 2.75) is 57.4 Å². The average Bonchev–Trinajstić information content (AvgIpc) is 2.94. The van der Waals surface area contributed by atoms with E-state index in [9.17, 15) is 13.2 Å². The van der Waals surface area contributed by atoms with Crippen LogP contribution in [0.2, 0.25) is 0 Å². The van der Waals surface area contributed by atoms with E-state index in [2.05, 4.69) is 6.07 Å². The summed E-state index contributed by atoms with van der Waals surface area (Å²) in [5.41, 5.74) is 3.95. The molecule has 30 heavy (non-hydrogen) atoms. The Morgan fingerprint density at radius 3 is 2.20 bits per heavy atom. The molecule has 0 aliphatic carbocycles. The molecule has 0 unspecified atom stereocenters. The van der Waals surface area contributed by atoms with Crippen molar-refractivity contribution >= 4 is 15.9 Å². The third kappa shape index (κ3) is 3.58. The van der Waals surface area contributed by atoms with Gasteiger partial charge < -0.3 is 9.47 Å². The first kappa shape index (κ1) is 21.1. The second-order valence-electron chi connectivity index (χ2n) is 8.50. The van der Waals surface area contributed by atoms with E-state index in [1.165, 1.54) is 9.87 Å². The Bertz CT molecular complexity index is 1060. The van der Waals surface area contributed by atoms with E-state index in [-0.39, 0.29) is 10.8 Å². The van der Waals surface area contributed by atoms with Gasteiger partial charge in [-0.25, -0.2) is 8.42 Å². The third-order valence-electron chi connectivity index (χ3n) is 6.72. The van der Waals surface area contributed by atoms with Gasteiger partial charge in [0.1, 0.15) is 4.90 Å². The maximum Gasteiger partial charge on any atom is 0.257 e. The molecular formula is C23H31N3O3S. The lowest BCUT2D eigenvalue weighted by Crippen LogP contribution is -2.38. The SMILES string of the molecule is Cc1c(C(=O)N2CCCCCC2)c(S(=O)(=O)N2CCc3ccccc3C2)c(C)n1C. The number of aromatic nitrogens is 1. The van der Waals surface area contributed by atoms with Gasteiger partial charge in [-0.05, 0) is 44.2 Å². The van der Waals surface area contributed by atoms with Crippen LogP contribution in [0.15, 0.2) is 29.2 Å². The van der Waals surface area contributed by atoms with E-state index < -0.39 is 10.0 Å². The molecule has 1 aromatic heterocycles. The highest BCUT2D eigenvalue weighted by molar-refractivity contribution is 7.89. The van der Waals surface area contributed by atoms with Gasteiger partial charge in [0.15, 0.2) is 0 Å². The van der Waals surface area contributed by atoms with Crippen molar-refractivity contribution < 1.29 is 13.2 Å². The molecule has 1 amide bonds. The van der Waals surface area contributed by atoms with Crippen molar-refractivity contribution in [2.24, 2.45) is 7.05 Å². The van der Waals surface area contributed by atoms with Crippen molar-refractivity contribution in [3.63, 3.8) is 0 Å². The molecule has 2 aliphatic rings. The Morgan fingerprint density at radius 2 is 1.53 bits per heavy atom. The molecule has 6 nitrogen and oxygen atoms in total. The number of rotatable bonds is 3. The van der Waals surface area contributed by atoms with Gasteiger partial charge in [-0.1, -0.05) is 37.1 Å². The molecule has 0 radical (unpaired) electrons. The molecule has 162 valence electrons. The molecule has 7 heteroatoms. The quantitative estimate of drug-likeness (QED) is 0.751. The summed E-state index contributed by atoms with van der Waals surface area (Å²) < 4.78 is 31.0. The number of nitrogens with zero attached hydrogens (tertiary/aromatic N) is 3. The zero-order valence-corrected chi connectivity index (χ0v) is 19.0. The Morgan fingerprint density at radius 1 is 0.900 bits per heavy atom. The fourth-order valence-corrected chi connectivity index (χ4v) is 6.62. The van der Waals surface area contributed by atoms with Crippen molar-refractivity contribution in [1.29, 1.82) is 0 Å². The number of carbonyl (C=O) groups excluding carboxylic acids is 1. The third-order valence-corrected chi connectivity index (χ3v) is 8.73. The summed E-state index contributed by atoms with van der Waals surface area (Å²) in [6, 6.07) is 7.99. The molecule has 1 saturated heterocycles. The molecule has 1 aromatic carbocycles. The zero-order valence-electron chi connectivity index (χ0n) is 18.1. The van der Waals surface area contributed by atoms with Crippen molar-refractivity contribution in [1.82, 2.24) is 13.8 Å². The van der Waals surface area contributed by atoms with Crippen LogP contribution in [0, 0.1) is 13.8 Å². The van der Waals surface area contributed by atoms with Crippen molar-refractivity contribution in [2.75, 3.05) is 19.6 Å². The summed E-state index contributed by atoms with van der Waals surface area (Å²) in [6.45, 7) is 5.83. The van der Waals surface area contributed by atoms with Crippen LogP contribution in [0.5, 0.6) is 0 Å². The van der Waals surface area contributed by atoms with Crippen LogP contribution in [0.3, 0.4) is 0 Å². The maximum absolute atomic E-state index is 13.8. The zero-order chi connectivity index (χ0) is 21.5. The number of sulfonamides is 1. The molecule has 2 aromatic rings. The normalized spacial score (nSPS) is 18.2. The minimum absolute atomic E-state index is 0.144. The van der Waals surface area contributed by atoms with E-state index in [0.29, 0.717) is 43.9 Å². The molecule has 1 fully saturated rings. The predicted molar refractivity (Wildman–Crippen MR) is 117 cm³/mol. The molecule has 3 heterocycles. The van der Waals surface area contributed by atoms with E-state index >= 15 is 0 Å². The van der Waals surface area contributed by atoms with Crippen LogP contribution in [0.4, 0.5) is 0 Å². The van der Waals surface area contributed by atoms with Gasteiger partial charge >= 0.3 is 0 Å². The van der Waals surface area contributed by atoms with E-state index in [4.69, 9.17) is 0 Å². The maximum atomic E-state index is 13.8. The summed E-state index contributed by atoms with van der Waals surface area (Å²) in [5.74, 6) is -0.144. The fraction of sp³-hybridized carbons (Fsp3) is 0.522. The lowest BCUT2D eigenvalue weighted by molar-refractivity contribution is 0.0757. The summed E-state index contributed by atoms with van der Waals surface area (Å²) >= 11 is 0. The van der Waals surface area contributed by atoms with Crippen LogP contribution in [-0.4, -0.2) is 47.7 Å². The first-order chi connectivity index (χ1) is 14.3. The second-order valence-corrected chi connectivity index (χ2v) is 10.4. The number of hydrogen-bond donors (Lipinski definition) is 0. The molecule has 0 bridgehead atoms. The predicted octanol–water partition coefficient (Wildman–Crippen LogP) is 3.41. The summed E-state index contributed by atoms with van der Waals surface area (Å²) in [5, 5.41) is 0. The first-order valence-electron chi connectivity index (χ1n) is 10.8. The Balaban J connectivity index is 1.75. The topological polar surface area (TPSA) is 62.6 Å². The summed E-state index contributed by atoms with van der Waals surface area (Å²) in [7, 11) is -1.95. The number of hydrogen-bond acceptors (Lipinski definition) is 3. The van der Waals surface area contributed by atoms with Gasteiger partial charge in [-0.3, -0.25) is 4.79 Å². The van der Waals surface area contributed by atoms with Crippen LogP contribution < -0.4 is 0 Å². The molecular weight excluding hydrogens is 398 g/mol. The van der Waals surface area contributed by atoms with Crippen LogP contribution in [0.1, 0.15) is 58.6 Å². The summed E-state index contributed by atoms with van der Waals surface area (Å²) in [6.07, 6.45) is 4.88. The number of likely N-dealkylation sites (tertiary alicyclic amines) is 1. The Labute approximate surface area is 179 Å². The number of amides is 1. The lowest BCUT2D eigenvalue weighted by Gasteiger charge is -2.29. The number of carbonyl (C=O) groups is 1. The fourth-order valence-electron chi connectivity index (χ4n) is 4.72. The molecule has 0 saturated carbocycles. The van der Waals surface area contributed by atoms with Gasteiger partial charge in [0.25, 0.3) is 5.91 Å².